The molecule has 132 valence electrons. The molecule has 0 bridgehead atoms. The minimum Gasteiger partial charge on any atom is -0.280 e. The van der Waals surface area contributed by atoms with Gasteiger partial charge in [-0.15, -0.1) is 0 Å². The van der Waals surface area contributed by atoms with Crippen LogP contribution < -0.4 is 0 Å². The summed E-state index contributed by atoms with van der Waals surface area (Å²) in [6, 6.07) is 0. The molecule has 0 rings (SSSR count). The monoisotopic (exact) mass is 358 g/mol. The molecule has 0 saturated carbocycles. The molecule has 0 aromatic heterocycles. The van der Waals surface area contributed by atoms with Gasteiger partial charge < -0.3 is 0 Å². The predicted molar refractivity (Wildman–Crippen MR) is 65.9 cm³/mol. The summed E-state index contributed by atoms with van der Waals surface area (Å²) in [5.74, 6) is -6.81. The van der Waals surface area contributed by atoms with Crippen molar-refractivity contribution in [3.63, 3.8) is 0 Å². The molecule has 0 heterocycles. The number of ketones is 2. The molecule has 0 N–H and O–H groups in total. The second kappa shape index (κ2) is 6.97. The minimum absolute atomic E-state index is 0.271. The maximum absolute atomic E-state index is 11.4. The van der Waals surface area contributed by atoms with E-state index >= 15 is 0 Å². The molecule has 0 saturated heterocycles. The second-order valence-corrected chi connectivity index (χ2v) is 8.62. The average molecular weight is 358 g/mol. The van der Waals surface area contributed by atoms with Crippen molar-refractivity contribution in [2.24, 2.45) is 0 Å². The smallest absolute Gasteiger partial charge is 0.280 e. The SMILES string of the molecule is CC(C)S(=O)(=O)C(C)(C)C.O=C(C(=O)C(F)(F)F)C(F)(F)F. The van der Waals surface area contributed by atoms with Crippen molar-refractivity contribution in [2.45, 2.75) is 57.0 Å². The Hall–Kier alpha value is -1.13. The van der Waals surface area contributed by atoms with E-state index in [-0.39, 0.29) is 5.25 Å². The van der Waals surface area contributed by atoms with Gasteiger partial charge in [0.25, 0.3) is 0 Å². The van der Waals surface area contributed by atoms with Crippen molar-refractivity contribution in [1.29, 1.82) is 0 Å². The van der Waals surface area contributed by atoms with E-state index in [2.05, 4.69) is 0 Å². The van der Waals surface area contributed by atoms with Crippen LogP contribution in [-0.4, -0.2) is 42.3 Å². The van der Waals surface area contributed by atoms with Crippen LogP contribution in [0, 0.1) is 0 Å². The maximum atomic E-state index is 11.4. The van der Waals surface area contributed by atoms with Crippen molar-refractivity contribution in [3.8, 4) is 0 Å². The van der Waals surface area contributed by atoms with Gasteiger partial charge in [0.1, 0.15) is 0 Å². The number of halogens is 6. The number of rotatable bonds is 2. The van der Waals surface area contributed by atoms with E-state index in [4.69, 9.17) is 0 Å². The Bertz CT molecular complexity index is 484. The molecule has 4 nitrogen and oxygen atoms in total. The second-order valence-electron chi connectivity index (χ2n) is 5.36. The fourth-order valence-electron chi connectivity index (χ4n) is 0.965. The zero-order chi connectivity index (χ0) is 18.7. The number of hydrogen-bond acceptors (Lipinski definition) is 4. The molecular formula is C11H16F6O4S. The highest BCUT2D eigenvalue weighted by molar-refractivity contribution is 7.93. The number of carbonyl (C=O) groups is 2. The van der Waals surface area contributed by atoms with Crippen LogP contribution >= 0.6 is 0 Å². The maximum Gasteiger partial charge on any atom is 0.458 e. The highest BCUT2D eigenvalue weighted by Gasteiger charge is 2.54. The Kier molecular flexibility index (Phi) is 7.33. The molecule has 0 unspecified atom stereocenters. The van der Waals surface area contributed by atoms with Gasteiger partial charge in [-0.1, -0.05) is 0 Å². The van der Waals surface area contributed by atoms with Crippen LogP contribution in [0.2, 0.25) is 0 Å². The molecule has 0 aromatic rings. The van der Waals surface area contributed by atoms with Gasteiger partial charge in [0.05, 0.1) is 10.00 Å². The van der Waals surface area contributed by atoms with Crippen molar-refractivity contribution >= 4 is 21.4 Å². The van der Waals surface area contributed by atoms with Gasteiger partial charge in [0, 0.05) is 0 Å². The first-order valence-electron chi connectivity index (χ1n) is 5.72. The number of Topliss-reactive ketones (excluding diaryl/α,β-unsaturated/α-hetero) is 2. The molecule has 0 spiro atoms. The Morgan fingerprint density at radius 1 is 0.773 bits per heavy atom. The quantitative estimate of drug-likeness (QED) is 0.562. The van der Waals surface area contributed by atoms with E-state index in [1.165, 1.54) is 0 Å². The molecule has 0 aliphatic rings. The van der Waals surface area contributed by atoms with Crippen molar-refractivity contribution < 1.29 is 44.3 Å². The summed E-state index contributed by atoms with van der Waals surface area (Å²) in [6.45, 7) is 8.59. The number of sulfone groups is 1. The fraction of sp³-hybridized carbons (Fsp3) is 0.818. The predicted octanol–water partition coefficient (Wildman–Crippen LogP) is 2.86. The summed E-state index contributed by atoms with van der Waals surface area (Å²) in [5, 5.41) is -0.271. The number of alkyl halides is 6. The first-order valence-corrected chi connectivity index (χ1v) is 7.27. The van der Waals surface area contributed by atoms with Gasteiger partial charge in [-0.05, 0) is 34.6 Å². The van der Waals surface area contributed by atoms with Crippen molar-refractivity contribution in [2.75, 3.05) is 0 Å². The van der Waals surface area contributed by atoms with E-state index in [9.17, 15) is 44.3 Å². The third-order valence-electron chi connectivity index (χ3n) is 2.20. The van der Waals surface area contributed by atoms with E-state index in [1.54, 1.807) is 34.6 Å². The van der Waals surface area contributed by atoms with Crippen molar-refractivity contribution in [1.82, 2.24) is 0 Å². The van der Waals surface area contributed by atoms with Gasteiger partial charge >= 0.3 is 23.9 Å². The average Bonchev–Trinajstić information content (AvgIpc) is 2.23. The molecule has 0 aliphatic carbocycles. The van der Waals surface area contributed by atoms with Crippen LogP contribution in [0.5, 0.6) is 0 Å². The van der Waals surface area contributed by atoms with E-state index in [1.807, 2.05) is 0 Å². The standard InChI is InChI=1S/C7H16O2S.C4F6O2/c1-6(2)10(8,9)7(3,4)5;5-3(6,7)1(11)2(12)4(8,9)10/h6H,1-5H3;. The lowest BCUT2D eigenvalue weighted by molar-refractivity contribution is -0.193. The largest absolute Gasteiger partial charge is 0.458 e. The van der Waals surface area contributed by atoms with Crippen LogP contribution in [0.3, 0.4) is 0 Å². The first-order chi connectivity index (χ1) is 9.26. The minimum atomic E-state index is -5.77. The zero-order valence-corrected chi connectivity index (χ0v) is 13.2. The molecule has 0 aromatic carbocycles. The molecule has 11 heteroatoms. The first kappa shape index (κ1) is 23.1. The fourth-order valence-corrected chi connectivity index (χ4v) is 2.38. The highest BCUT2D eigenvalue weighted by atomic mass is 32.2. The molecular weight excluding hydrogens is 342 g/mol. The summed E-state index contributed by atoms with van der Waals surface area (Å²) >= 11 is 0. The van der Waals surface area contributed by atoms with Crippen LogP contribution in [0.25, 0.3) is 0 Å². The van der Waals surface area contributed by atoms with Crippen molar-refractivity contribution in [3.05, 3.63) is 0 Å². The van der Waals surface area contributed by atoms with Crippen LogP contribution in [0.1, 0.15) is 34.6 Å². The lowest BCUT2D eigenvalue weighted by Crippen LogP contribution is -2.39. The van der Waals surface area contributed by atoms with Gasteiger partial charge in [0.2, 0.25) is 0 Å². The highest BCUT2D eigenvalue weighted by Crippen LogP contribution is 2.24. The van der Waals surface area contributed by atoms with Crippen LogP contribution in [-0.2, 0) is 19.4 Å². The topological polar surface area (TPSA) is 68.3 Å². The van der Waals surface area contributed by atoms with Gasteiger partial charge in [0.15, 0.2) is 9.84 Å². The van der Waals surface area contributed by atoms with Gasteiger partial charge in [-0.3, -0.25) is 9.59 Å². The van der Waals surface area contributed by atoms with E-state index in [0.717, 1.165) is 0 Å². The van der Waals surface area contributed by atoms with Gasteiger partial charge in [-0.2, -0.15) is 26.3 Å². The summed E-state index contributed by atoms with van der Waals surface area (Å²) in [5.41, 5.74) is 0. The normalized spacial score (nSPS) is 13.5. The Balaban J connectivity index is 0. The van der Waals surface area contributed by atoms with Crippen LogP contribution in [0.15, 0.2) is 0 Å². The molecule has 0 atom stereocenters. The lowest BCUT2D eigenvalue weighted by Gasteiger charge is -2.21. The number of carbonyl (C=O) groups excluding carboxylic acids is 2. The third-order valence-corrected chi connectivity index (χ3v) is 5.14. The van der Waals surface area contributed by atoms with E-state index in [0.29, 0.717) is 0 Å². The van der Waals surface area contributed by atoms with Gasteiger partial charge in [-0.25, -0.2) is 8.42 Å². The Morgan fingerprint density at radius 3 is 1.05 bits per heavy atom. The summed E-state index contributed by atoms with van der Waals surface area (Å²) in [6.07, 6.45) is -11.5. The Morgan fingerprint density at radius 2 is 1.00 bits per heavy atom. The molecule has 0 aliphatic heterocycles. The molecule has 0 radical (unpaired) electrons. The molecule has 0 fully saturated rings. The van der Waals surface area contributed by atoms with Crippen LogP contribution in [0.4, 0.5) is 26.3 Å². The number of hydrogen-bond donors (Lipinski definition) is 0. The summed E-state index contributed by atoms with van der Waals surface area (Å²) in [7, 11) is -2.91. The van der Waals surface area contributed by atoms with E-state index < -0.39 is 38.5 Å². The lowest BCUT2D eigenvalue weighted by atomic mass is 10.2. The summed E-state index contributed by atoms with van der Waals surface area (Å²) in [4.78, 5) is 19.2. The third kappa shape index (κ3) is 6.75. The zero-order valence-electron chi connectivity index (χ0n) is 12.4. The Labute approximate surface area is 123 Å². The molecule has 0 amide bonds. The summed E-state index contributed by atoms with van der Waals surface area (Å²) < 4.78 is 89.1. The molecule has 22 heavy (non-hydrogen) atoms.